The van der Waals surface area contributed by atoms with Gasteiger partial charge in [0.1, 0.15) is 5.82 Å². The standard InChI is InChI=1S/C15H17FO2/c1-9-2-5-13(14(16)6-9)15(17)10-7-11-3-4-12(8-10)18-11/h2,5-6,10-12H,3-4,7-8H2,1H3. The van der Waals surface area contributed by atoms with Crippen LogP contribution in [0.2, 0.25) is 0 Å². The minimum absolute atomic E-state index is 0.0484. The van der Waals surface area contributed by atoms with Crippen molar-refractivity contribution < 1.29 is 13.9 Å². The molecule has 2 aliphatic rings. The number of hydrogen-bond acceptors (Lipinski definition) is 2. The van der Waals surface area contributed by atoms with Crippen molar-refractivity contribution in [3.8, 4) is 0 Å². The average molecular weight is 248 g/mol. The number of carbonyl (C=O) groups is 1. The number of benzene rings is 1. The van der Waals surface area contributed by atoms with Crippen LogP contribution in [0.3, 0.4) is 0 Å². The first kappa shape index (κ1) is 11.8. The molecule has 1 aromatic carbocycles. The van der Waals surface area contributed by atoms with Crippen LogP contribution in [-0.2, 0) is 4.74 Å². The van der Waals surface area contributed by atoms with Crippen molar-refractivity contribution in [1.82, 2.24) is 0 Å². The largest absolute Gasteiger partial charge is 0.375 e. The molecule has 2 bridgehead atoms. The van der Waals surface area contributed by atoms with Gasteiger partial charge in [0.2, 0.25) is 0 Å². The number of fused-ring (bicyclic) bond motifs is 2. The number of aryl methyl sites for hydroxylation is 1. The molecule has 0 saturated carbocycles. The fourth-order valence-corrected chi connectivity index (χ4v) is 3.11. The molecule has 0 aromatic heterocycles. The third kappa shape index (κ3) is 2.07. The van der Waals surface area contributed by atoms with Crippen LogP contribution in [0, 0.1) is 18.7 Å². The summed E-state index contributed by atoms with van der Waals surface area (Å²) in [7, 11) is 0. The van der Waals surface area contributed by atoms with Crippen molar-refractivity contribution in [2.45, 2.75) is 44.8 Å². The van der Waals surface area contributed by atoms with E-state index >= 15 is 0 Å². The molecule has 2 heterocycles. The van der Waals surface area contributed by atoms with Gasteiger partial charge in [-0.3, -0.25) is 4.79 Å². The molecule has 2 aliphatic heterocycles. The minimum Gasteiger partial charge on any atom is -0.375 e. The van der Waals surface area contributed by atoms with Crippen molar-refractivity contribution >= 4 is 5.78 Å². The van der Waals surface area contributed by atoms with E-state index in [0.29, 0.717) is 0 Å². The van der Waals surface area contributed by atoms with Crippen molar-refractivity contribution in [2.75, 3.05) is 0 Å². The Labute approximate surface area is 106 Å². The molecule has 0 spiro atoms. The van der Waals surface area contributed by atoms with Crippen LogP contribution >= 0.6 is 0 Å². The van der Waals surface area contributed by atoms with E-state index in [2.05, 4.69) is 0 Å². The summed E-state index contributed by atoms with van der Waals surface area (Å²) in [6.45, 7) is 1.83. The Kier molecular flexibility index (Phi) is 2.94. The highest BCUT2D eigenvalue weighted by Crippen LogP contribution is 2.37. The first-order chi connectivity index (χ1) is 8.63. The van der Waals surface area contributed by atoms with E-state index in [0.717, 1.165) is 31.2 Å². The van der Waals surface area contributed by atoms with Crippen LogP contribution < -0.4 is 0 Å². The summed E-state index contributed by atoms with van der Waals surface area (Å²) in [5, 5.41) is 0. The van der Waals surface area contributed by atoms with Gasteiger partial charge in [-0.05, 0) is 50.3 Å². The first-order valence-electron chi connectivity index (χ1n) is 6.59. The van der Waals surface area contributed by atoms with E-state index in [1.807, 2.05) is 6.92 Å². The van der Waals surface area contributed by atoms with Crippen molar-refractivity contribution in [2.24, 2.45) is 5.92 Å². The van der Waals surface area contributed by atoms with Gasteiger partial charge in [-0.25, -0.2) is 4.39 Å². The van der Waals surface area contributed by atoms with E-state index < -0.39 is 0 Å². The zero-order valence-corrected chi connectivity index (χ0v) is 10.5. The molecule has 96 valence electrons. The highest BCUT2D eigenvalue weighted by molar-refractivity contribution is 5.98. The zero-order chi connectivity index (χ0) is 12.7. The third-order valence-corrected chi connectivity index (χ3v) is 4.05. The fourth-order valence-electron chi connectivity index (χ4n) is 3.11. The fraction of sp³-hybridized carbons (Fsp3) is 0.533. The van der Waals surface area contributed by atoms with Crippen LogP contribution in [0.15, 0.2) is 18.2 Å². The van der Waals surface area contributed by atoms with E-state index in [1.165, 1.54) is 6.07 Å². The molecular weight excluding hydrogens is 231 g/mol. The number of ketones is 1. The van der Waals surface area contributed by atoms with Crippen molar-refractivity contribution in [1.29, 1.82) is 0 Å². The summed E-state index contributed by atoms with van der Waals surface area (Å²) in [5.74, 6) is -0.500. The highest BCUT2D eigenvalue weighted by atomic mass is 19.1. The Morgan fingerprint density at radius 1 is 1.28 bits per heavy atom. The van der Waals surface area contributed by atoms with E-state index in [-0.39, 0.29) is 35.3 Å². The molecule has 3 heteroatoms. The second-order valence-corrected chi connectivity index (χ2v) is 5.47. The monoisotopic (exact) mass is 248 g/mol. The van der Waals surface area contributed by atoms with Crippen LogP contribution in [-0.4, -0.2) is 18.0 Å². The van der Waals surface area contributed by atoms with Crippen molar-refractivity contribution in [3.63, 3.8) is 0 Å². The summed E-state index contributed by atoms with van der Waals surface area (Å²) in [4.78, 5) is 12.4. The second-order valence-electron chi connectivity index (χ2n) is 5.47. The summed E-state index contributed by atoms with van der Waals surface area (Å²) < 4.78 is 19.5. The summed E-state index contributed by atoms with van der Waals surface area (Å²) in [6.07, 6.45) is 4.03. The van der Waals surface area contributed by atoms with Gasteiger partial charge >= 0.3 is 0 Å². The Morgan fingerprint density at radius 2 is 1.94 bits per heavy atom. The predicted octanol–water partition coefficient (Wildman–Crippen LogP) is 3.27. The summed E-state index contributed by atoms with van der Waals surface area (Å²) in [6, 6.07) is 4.84. The SMILES string of the molecule is Cc1ccc(C(=O)C2CC3CCC(C2)O3)c(F)c1. The van der Waals surface area contributed by atoms with E-state index in [1.54, 1.807) is 12.1 Å². The van der Waals surface area contributed by atoms with Gasteiger partial charge in [0.25, 0.3) is 0 Å². The lowest BCUT2D eigenvalue weighted by atomic mass is 9.87. The highest BCUT2D eigenvalue weighted by Gasteiger charge is 2.38. The van der Waals surface area contributed by atoms with Gasteiger partial charge in [0.05, 0.1) is 17.8 Å². The van der Waals surface area contributed by atoms with Crippen molar-refractivity contribution in [3.05, 3.63) is 35.1 Å². The van der Waals surface area contributed by atoms with Gasteiger partial charge in [0.15, 0.2) is 5.78 Å². The minimum atomic E-state index is -0.390. The molecule has 0 aliphatic carbocycles. The Balaban J connectivity index is 1.82. The molecule has 3 rings (SSSR count). The molecular formula is C15H17FO2. The second kappa shape index (κ2) is 4.47. The van der Waals surface area contributed by atoms with Gasteiger partial charge < -0.3 is 4.74 Å². The van der Waals surface area contributed by atoms with Gasteiger partial charge in [-0.1, -0.05) is 6.07 Å². The molecule has 1 aromatic rings. The third-order valence-electron chi connectivity index (χ3n) is 4.05. The number of halogens is 1. The van der Waals surface area contributed by atoms with Gasteiger partial charge in [-0.2, -0.15) is 0 Å². The molecule has 2 saturated heterocycles. The number of ether oxygens (including phenoxy) is 1. The predicted molar refractivity (Wildman–Crippen MR) is 66.1 cm³/mol. The molecule has 2 atom stereocenters. The van der Waals surface area contributed by atoms with E-state index in [9.17, 15) is 9.18 Å². The average Bonchev–Trinajstić information content (AvgIpc) is 2.67. The van der Waals surface area contributed by atoms with Crippen LogP contribution in [0.25, 0.3) is 0 Å². The lowest BCUT2D eigenvalue weighted by Gasteiger charge is -2.27. The lowest BCUT2D eigenvalue weighted by Crippen LogP contribution is -2.30. The summed E-state index contributed by atoms with van der Waals surface area (Å²) in [5.41, 5.74) is 1.09. The topological polar surface area (TPSA) is 26.3 Å². The molecule has 2 unspecified atom stereocenters. The van der Waals surface area contributed by atoms with Crippen LogP contribution in [0.4, 0.5) is 4.39 Å². The van der Waals surface area contributed by atoms with Crippen LogP contribution in [0.5, 0.6) is 0 Å². The number of rotatable bonds is 2. The molecule has 0 amide bonds. The number of carbonyl (C=O) groups excluding carboxylic acids is 1. The Morgan fingerprint density at radius 3 is 2.56 bits per heavy atom. The maximum Gasteiger partial charge on any atom is 0.169 e. The van der Waals surface area contributed by atoms with Gasteiger partial charge in [0, 0.05) is 5.92 Å². The Hall–Kier alpha value is -1.22. The normalized spacial score (nSPS) is 30.4. The summed E-state index contributed by atoms with van der Waals surface area (Å²) >= 11 is 0. The van der Waals surface area contributed by atoms with Gasteiger partial charge in [-0.15, -0.1) is 0 Å². The van der Waals surface area contributed by atoms with E-state index in [4.69, 9.17) is 4.74 Å². The quantitative estimate of drug-likeness (QED) is 0.751. The Bertz CT molecular complexity index is 471. The molecule has 0 N–H and O–H groups in total. The maximum atomic E-state index is 13.8. The molecule has 2 nitrogen and oxygen atoms in total. The van der Waals surface area contributed by atoms with Crippen LogP contribution in [0.1, 0.15) is 41.6 Å². The molecule has 2 fully saturated rings. The smallest absolute Gasteiger partial charge is 0.169 e. The zero-order valence-electron chi connectivity index (χ0n) is 10.5. The molecule has 18 heavy (non-hydrogen) atoms. The number of Topliss-reactive ketones (excluding diaryl/α,β-unsaturated/α-hetero) is 1. The first-order valence-corrected chi connectivity index (χ1v) is 6.59. The lowest BCUT2D eigenvalue weighted by molar-refractivity contribution is -0.0149. The number of hydrogen-bond donors (Lipinski definition) is 0. The maximum absolute atomic E-state index is 13.8. The molecule has 0 radical (unpaired) electrons.